The van der Waals surface area contributed by atoms with E-state index in [4.69, 9.17) is 0 Å². The van der Waals surface area contributed by atoms with Gasteiger partial charge in [-0.25, -0.2) is 0 Å². The number of aromatic nitrogens is 4. The molecule has 0 aliphatic rings. The molecule has 152 valence electrons. The summed E-state index contributed by atoms with van der Waals surface area (Å²) in [5.41, 5.74) is 1.20. The van der Waals surface area contributed by atoms with Gasteiger partial charge in [0.05, 0.1) is 16.2 Å². The maximum atomic E-state index is 12.9. The lowest BCUT2D eigenvalue weighted by Crippen LogP contribution is -2.05. The Morgan fingerprint density at radius 2 is 1.83 bits per heavy atom. The third kappa shape index (κ3) is 4.10. The second-order valence-electron chi connectivity index (χ2n) is 6.27. The standard InChI is InChI=1S/C19H12F3N5O2S/c20-19(21,22)14-5-1-3-12(9-14)11-30-18-24-23-17-8-7-16(25-26(17)18)13-4-2-6-15(10-13)27(28)29/h1-10H,11H2. The van der Waals surface area contributed by atoms with Crippen LogP contribution in [-0.4, -0.2) is 24.7 Å². The molecule has 4 rings (SSSR count). The van der Waals surface area contributed by atoms with Gasteiger partial charge in [0.1, 0.15) is 0 Å². The molecule has 0 spiro atoms. The first-order chi connectivity index (χ1) is 14.3. The number of hydrogen-bond acceptors (Lipinski definition) is 6. The largest absolute Gasteiger partial charge is 0.416 e. The summed E-state index contributed by atoms with van der Waals surface area (Å²) in [6, 6.07) is 14.5. The van der Waals surface area contributed by atoms with Gasteiger partial charge in [0.2, 0.25) is 5.16 Å². The monoisotopic (exact) mass is 431 g/mol. The summed E-state index contributed by atoms with van der Waals surface area (Å²) in [6.07, 6.45) is -4.41. The predicted octanol–water partition coefficient (Wildman–Crippen LogP) is 5.01. The Morgan fingerprint density at radius 1 is 1.03 bits per heavy atom. The molecule has 0 N–H and O–H groups in total. The minimum absolute atomic E-state index is 0.0581. The summed E-state index contributed by atoms with van der Waals surface area (Å²) < 4.78 is 40.1. The van der Waals surface area contributed by atoms with Gasteiger partial charge in [-0.15, -0.1) is 10.2 Å². The van der Waals surface area contributed by atoms with E-state index in [1.165, 1.54) is 34.5 Å². The average Bonchev–Trinajstić information content (AvgIpc) is 3.14. The molecule has 7 nitrogen and oxygen atoms in total. The molecule has 0 bridgehead atoms. The van der Waals surface area contributed by atoms with Crippen LogP contribution in [0.15, 0.2) is 65.8 Å². The number of benzene rings is 2. The molecule has 0 amide bonds. The van der Waals surface area contributed by atoms with Crippen molar-refractivity contribution in [3.05, 3.63) is 81.9 Å². The van der Waals surface area contributed by atoms with Crippen LogP contribution in [0.2, 0.25) is 0 Å². The van der Waals surface area contributed by atoms with E-state index in [-0.39, 0.29) is 11.4 Å². The second-order valence-corrected chi connectivity index (χ2v) is 7.21. The van der Waals surface area contributed by atoms with Crippen molar-refractivity contribution in [2.75, 3.05) is 0 Å². The Labute approximate surface area is 171 Å². The fourth-order valence-electron chi connectivity index (χ4n) is 2.78. The van der Waals surface area contributed by atoms with Gasteiger partial charge in [-0.1, -0.05) is 42.1 Å². The highest BCUT2D eigenvalue weighted by Crippen LogP contribution is 2.31. The Balaban J connectivity index is 1.61. The minimum Gasteiger partial charge on any atom is -0.258 e. The number of non-ortho nitro benzene ring substituents is 1. The number of fused-ring (bicyclic) bond motifs is 1. The van der Waals surface area contributed by atoms with Crippen LogP contribution < -0.4 is 0 Å². The number of hydrogen-bond donors (Lipinski definition) is 0. The highest BCUT2D eigenvalue weighted by Gasteiger charge is 2.30. The molecule has 30 heavy (non-hydrogen) atoms. The van der Waals surface area contributed by atoms with Crippen LogP contribution in [0.4, 0.5) is 18.9 Å². The van der Waals surface area contributed by atoms with Crippen LogP contribution in [0.3, 0.4) is 0 Å². The zero-order valence-corrected chi connectivity index (χ0v) is 15.9. The zero-order valence-electron chi connectivity index (χ0n) is 15.1. The Morgan fingerprint density at radius 3 is 2.60 bits per heavy atom. The molecule has 0 saturated heterocycles. The maximum Gasteiger partial charge on any atom is 0.416 e. The predicted molar refractivity (Wildman–Crippen MR) is 104 cm³/mol. The van der Waals surface area contributed by atoms with Crippen molar-refractivity contribution in [3.63, 3.8) is 0 Å². The van der Waals surface area contributed by atoms with Crippen molar-refractivity contribution in [2.45, 2.75) is 17.1 Å². The van der Waals surface area contributed by atoms with Crippen LogP contribution >= 0.6 is 11.8 Å². The number of nitrogens with zero attached hydrogens (tertiary/aromatic N) is 5. The van der Waals surface area contributed by atoms with E-state index in [9.17, 15) is 23.3 Å². The third-order valence-electron chi connectivity index (χ3n) is 4.21. The van der Waals surface area contributed by atoms with Gasteiger partial charge in [0.15, 0.2) is 5.65 Å². The average molecular weight is 431 g/mol. The van der Waals surface area contributed by atoms with Crippen LogP contribution in [0.25, 0.3) is 16.9 Å². The Kier molecular flexibility index (Phi) is 5.12. The normalized spacial score (nSPS) is 11.7. The number of halogens is 3. The van der Waals surface area contributed by atoms with Gasteiger partial charge < -0.3 is 0 Å². The first-order valence-electron chi connectivity index (χ1n) is 8.57. The molecule has 0 saturated carbocycles. The van der Waals surface area contributed by atoms with Gasteiger partial charge in [-0.3, -0.25) is 10.1 Å². The van der Waals surface area contributed by atoms with Gasteiger partial charge >= 0.3 is 6.18 Å². The van der Waals surface area contributed by atoms with Crippen molar-refractivity contribution >= 4 is 23.1 Å². The number of alkyl halides is 3. The molecule has 0 radical (unpaired) electrons. The SMILES string of the molecule is O=[N+]([O-])c1cccc(-c2ccc3nnc(SCc4cccc(C(F)(F)F)c4)n3n2)c1. The van der Waals surface area contributed by atoms with E-state index in [0.717, 1.165) is 12.1 Å². The van der Waals surface area contributed by atoms with Crippen LogP contribution in [0.1, 0.15) is 11.1 Å². The quantitative estimate of drug-likeness (QED) is 0.251. The van der Waals surface area contributed by atoms with E-state index >= 15 is 0 Å². The smallest absolute Gasteiger partial charge is 0.258 e. The summed E-state index contributed by atoms with van der Waals surface area (Å²) in [6.45, 7) is 0. The topological polar surface area (TPSA) is 86.2 Å². The van der Waals surface area contributed by atoms with E-state index in [1.54, 1.807) is 30.3 Å². The zero-order chi connectivity index (χ0) is 21.3. The lowest BCUT2D eigenvalue weighted by molar-refractivity contribution is -0.384. The number of rotatable bonds is 5. The number of nitro benzene ring substituents is 1. The van der Waals surface area contributed by atoms with Crippen molar-refractivity contribution in [1.82, 2.24) is 19.8 Å². The fraction of sp³-hybridized carbons (Fsp3) is 0.105. The first kappa shape index (κ1) is 19.8. The molecular formula is C19H12F3N5O2S. The summed E-state index contributed by atoms with van der Waals surface area (Å²) in [5, 5.41) is 23.9. The maximum absolute atomic E-state index is 12.9. The van der Waals surface area contributed by atoms with Crippen molar-refractivity contribution in [2.24, 2.45) is 0 Å². The lowest BCUT2D eigenvalue weighted by Gasteiger charge is -2.08. The van der Waals surface area contributed by atoms with Crippen molar-refractivity contribution in [1.29, 1.82) is 0 Å². The molecule has 0 aliphatic carbocycles. The van der Waals surface area contributed by atoms with Gasteiger partial charge in [-0.2, -0.15) is 22.8 Å². The van der Waals surface area contributed by atoms with Crippen LogP contribution in [0.5, 0.6) is 0 Å². The molecular weight excluding hydrogens is 419 g/mol. The molecule has 11 heteroatoms. The summed E-state index contributed by atoms with van der Waals surface area (Å²) in [5.74, 6) is 0.243. The fourth-order valence-corrected chi connectivity index (χ4v) is 3.61. The molecule has 0 atom stereocenters. The summed E-state index contributed by atoms with van der Waals surface area (Å²) >= 11 is 1.19. The summed E-state index contributed by atoms with van der Waals surface area (Å²) in [7, 11) is 0. The van der Waals surface area contributed by atoms with Gasteiger partial charge in [0.25, 0.3) is 5.69 Å². The minimum atomic E-state index is -4.41. The molecule has 2 heterocycles. The highest BCUT2D eigenvalue weighted by molar-refractivity contribution is 7.98. The first-order valence-corrected chi connectivity index (χ1v) is 9.56. The Bertz CT molecular complexity index is 1240. The van der Waals surface area contributed by atoms with Crippen LogP contribution in [-0.2, 0) is 11.9 Å². The van der Waals surface area contributed by atoms with Crippen LogP contribution in [0, 0.1) is 10.1 Å². The highest BCUT2D eigenvalue weighted by atomic mass is 32.2. The van der Waals surface area contributed by atoms with E-state index in [0.29, 0.717) is 27.6 Å². The van der Waals surface area contributed by atoms with Crippen molar-refractivity contribution < 1.29 is 18.1 Å². The molecule has 2 aromatic carbocycles. The molecule has 4 aromatic rings. The molecule has 0 fully saturated rings. The number of nitro groups is 1. The van der Waals surface area contributed by atoms with Gasteiger partial charge in [-0.05, 0) is 23.8 Å². The molecule has 0 unspecified atom stereocenters. The Hall–Kier alpha value is -3.47. The summed E-state index contributed by atoms with van der Waals surface area (Å²) in [4.78, 5) is 10.5. The third-order valence-corrected chi connectivity index (χ3v) is 5.20. The van der Waals surface area contributed by atoms with E-state index in [2.05, 4.69) is 15.3 Å². The van der Waals surface area contributed by atoms with E-state index < -0.39 is 16.7 Å². The van der Waals surface area contributed by atoms with Crippen molar-refractivity contribution in [3.8, 4) is 11.3 Å². The van der Waals surface area contributed by atoms with E-state index in [1.807, 2.05) is 0 Å². The molecule has 2 aromatic heterocycles. The second kappa shape index (κ2) is 7.75. The van der Waals surface area contributed by atoms with Gasteiger partial charge in [0, 0.05) is 23.4 Å². The molecule has 0 aliphatic heterocycles. The lowest BCUT2D eigenvalue weighted by atomic mass is 10.1. The number of thioether (sulfide) groups is 1.